The van der Waals surface area contributed by atoms with Crippen LogP contribution in [0, 0.1) is 17.2 Å². The highest BCUT2D eigenvalue weighted by Gasteiger charge is 2.58. The molecule has 3 heteroatoms. The molecule has 2 N–H and O–H groups in total. The van der Waals surface area contributed by atoms with Crippen LogP contribution in [-0.4, -0.2) is 13.7 Å². The van der Waals surface area contributed by atoms with Gasteiger partial charge in [-0.05, 0) is 29.9 Å². The van der Waals surface area contributed by atoms with Crippen LogP contribution in [-0.2, 0) is 0 Å². The van der Waals surface area contributed by atoms with Crippen LogP contribution in [0.4, 0.5) is 4.39 Å². The lowest BCUT2D eigenvalue weighted by Crippen LogP contribution is -2.05. The van der Waals surface area contributed by atoms with Crippen LogP contribution < -0.4 is 10.5 Å². The van der Waals surface area contributed by atoms with Crippen molar-refractivity contribution in [3.63, 3.8) is 0 Å². The van der Waals surface area contributed by atoms with Gasteiger partial charge in [-0.25, -0.2) is 4.39 Å². The minimum atomic E-state index is -0.293. The Hall–Kier alpha value is -1.09. The number of rotatable bonds is 3. The van der Waals surface area contributed by atoms with E-state index in [4.69, 9.17) is 10.5 Å². The first-order valence-corrected chi connectivity index (χ1v) is 5.56. The first-order valence-electron chi connectivity index (χ1n) is 5.56. The lowest BCUT2D eigenvalue weighted by molar-refractivity contribution is 0.379. The van der Waals surface area contributed by atoms with Crippen molar-refractivity contribution in [2.45, 2.75) is 19.8 Å². The molecule has 88 valence electrons. The lowest BCUT2D eigenvalue weighted by atomic mass is 10.0. The molecule has 0 saturated heterocycles. The number of halogens is 1. The van der Waals surface area contributed by atoms with Gasteiger partial charge in [0.15, 0.2) is 11.6 Å². The molecule has 1 aliphatic rings. The van der Waals surface area contributed by atoms with Gasteiger partial charge >= 0.3 is 0 Å². The van der Waals surface area contributed by atoms with E-state index in [2.05, 4.69) is 13.8 Å². The van der Waals surface area contributed by atoms with Gasteiger partial charge in [0.1, 0.15) is 0 Å². The summed E-state index contributed by atoms with van der Waals surface area (Å²) in [6.07, 6.45) is 0. The van der Waals surface area contributed by atoms with Crippen molar-refractivity contribution in [3.8, 4) is 5.75 Å². The third-order valence-corrected chi connectivity index (χ3v) is 3.84. The van der Waals surface area contributed by atoms with E-state index in [9.17, 15) is 4.39 Å². The molecule has 0 aromatic heterocycles. The fraction of sp³-hybridized carbons (Fsp3) is 0.538. The summed E-state index contributed by atoms with van der Waals surface area (Å²) < 4.78 is 18.7. The molecule has 0 heterocycles. The molecule has 0 aliphatic heterocycles. The summed E-state index contributed by atoms with van der Waals surface area (Å²) in [5.41, 5.74) is 6.83. The van der Waals surface area contributed by atoms with E-state index in [0.717, 1.165) is 5.56 Å². The zero-order valence-corrected chi connectivity index (χ0v) is 9.96. The molecule has 0 spiro atoms. The quantitative estimate of drug-likeness (QED) is 0.854. The largest absolute Gasteiger partial charge is 0.493 e. The fourth-order valence-corrected chi connectivity index (χ4v) is 2.79. The van der Waals surface area contributed by atoms with Crippen LogP contribution >= 0.6 is 0 Å². The van der Waals surface area contributed by atoms with Crippen molar-refractivity contribution in [2.75, 3.05) is 13.7 Å². The van der Waals surface area contributed by atoms with E-state index in [0.29, 0.717) is 24.1 Å². The summed E-state index contributed by atoms with van der Waals surface area (Å²) in [5.74, 6) is 0.807. The molecule has 0 radical (unpaired) electrons. The van der Waals surface area contributed by atoms with Gasteiger partial charge in [0.25, 0.3) is 0 Å². The summed E-state index contributed by atoms with van der Waals surface area (Å²) in [6.45, 7) is 4.97. The van der Waals surface area contributed by atoms with Crippen molar-refractivity contribution in [2.24, 2.45) is 17.1 Å². The predicted octanol–water partition coefficient (Wildman–Crippen LogP) is 2.53. The molecule has 2 atom stereocenters. The van der Waals surface area contributed by atoms with Crippen LogP contribution in [0.15, 0.2) is 18.2 Å². The van der Waals surface area contributed by atoms with E-state index in [1.807, 2.05) is 6.07 Å². The van der Waals surface area contributed by atoms with Gasteiger partial charge in [-0.2, -0.15) is 0 Å². The molecule has 2 rings (SSSR count). The van der Waals surface area contributed by atoms with Crippen molar-refractivity contribution < 1.29 is 9.13 Å². The predicted molar refractivity (Wildman–Crippen MR) is 62.0 cm³/mol. The van der Waals surface area contributed by atoms with Gasteiger partial charge in [0.05, 0.1) is 7.11 Å². The number of para-hydroxylation sites is 1. The normalized spacial score (nSPS) is 26.6. The average molecular weight is 223 g/mol. The van der Waals surface area contributed by atoms with Crippen molar-refractivity contribution >= 4 is 0 Å². The molecule has 1 saturated carbocycles. The maximum Gasteiger partial charge on any atom is 0.165 e. The molecule has 0 amide bonds. The highest BCUT2D eigenvalue weighted by molar-refractivity contribution is 5.43. The van der Waals surface area contributed by atoms with Gasteiger partial charge in [-0.3, -0.25) is 0 Å². The smallest absolute Gasteiger partial charge is 0.165 e. The van der Waals surface area contributed by atoms with Gasteiger partial charge in [-0.15, -0.1) is 0 Å². The third kappa shape index (κ3) is 1.50. The molecular weight excluding hydrogens is 205 g/mol. The van der Waals surface area contributed by atoms with Gasteiger partial charge in [-0.1, -0.05) is 26.0 Å². The van der Waals surface area contributed by atoms with Crippen LogP contribution in [0.5, 0.6) is 5.75 Å². The Balaban J connectivity index is 2.39. The van der Waals surface area contributed by atoms with Gasteiger partial charge in [0, 0.05) is 5.56 Å². The Morgan fingerprint density at radius 1 is 1.44 bits per heavy atom. The molecule has 1 aliphatic carbocycles. The number of hydrogen-bond acceptors (Lipinski definition) is 2. The fourth-order valence-electron chi connectivity index (χ4n) is 2.79. The van der Waals surface area contributed by atoms with E-state index in [-0.39, 0.29) is 11.2 Å². The van der Waals surface area contributed by atoms with Crippen molar-refractivity contribution in [3.05, 3.63) is 29.6 Å². The Morgan fingerprint density at radius 2 is 2.12 bits per heavy atom. The van der Waals surface area contributed by atoms with E-state index < -0.39 is 0 Å². The molecule has 1 fully saturated rings. The molecule has 2 nitrogen and oxygen atoms in total. The summed E-state index contributed by atoms with van der Waals surface area (Å²) in [4.78, 5) is 0. The monoisotopic (exact) mass is 223 g/mol. The first kappa shape index (κ1) is 11.4. The summed E-state index contributed by atoms with van der Waals surface area (Å²) in [5, 5.41) is 0. The zero-order valence-electron chi connectivity index (χ0n) is 9.96. The Kier molecular flexibility index (Phi) is 2.66. The lowest BCUT2D eigenvalue weighted by Gasteiger charge is -2.10. The second-order valence-corrected chi connectivity index (χ2v) is 5.00. The van der Waals surface area contributed by atoms with E-state index in [1.165, 1.54) is 13.2 Å². The molecule has 1 aromatic carbocycles. The Bertz CT molecular complexity index is 403. The van der Waals surface area contributed by atoms with Crippen molar-refractivity contribution in [1.29, 1.82) is 0 Å². The average Bonchev–Trinajstić information content (AvgIpc) is 2.79. The second-order valence-electron chi connectivity index (χ2n) is 5.00. The SMILES string of the molecule is COc1c(F)cccc1[C@@H]1[C@@H](CN)C1(C)C. The molecule has 0 unspecified atom stereocenters. The van der Waals surface area contributed by atoms with Crippen LogP contribution in [0.3, 0.4) is 0 Å². The van der Waals surface area contributed by atoms with E-state index in [1.54, 1.807) is 6.07 Å². The minimum absolute atomic E-state index is 0.149. The maximum absolute atomic E-state index is 13.6. The Labute approximate surface area is 95.6 Å². The van der Waals surface area contributed by atoms with Crippen LogP contribution in [0.1, 0.15) is 25.3 Å². The third-order valence-electron chi connectivity index (χ3n) is 3.84. The minimum Gasteiger partial charge on any atom is -0.493 e. The standard InChI is InChI=1S/C13H18FNO/c1-13(2)9(7-15)11(13)8-5-4-6-10(14)12(8)16-3/h4-6,9,11H,7,15H2,1-3H3/t9-,11-/m1/s1. The summed E-state index contributed by atoms with van der Waals surface area (Å²) >= 11 is 0. The first-order chi connectivity index (χ1) is 7.54. The highest BCUT2D eigenvalue weighted by Crippen LogP contribution is 2.65. The Morgan fingerprint density at radius 3 is 2.62 bits per heavy atom. The topological polar surface area (TPSA) is 35.2 Å². The summed E-state index contributed by atoms with van der Waals surface area (Å²) in [7, 11) is 1.51. The second kappa shape index (κ2) is 3.74. The number of methoxy groups -OCH3 is 1. The summed E-state index contributed by atoms with van der Waals surface area (Å²) in [6, 6.07) is 5.09. The number of hydrogen-bond donors (Lipinski definition) is 1. The molecule has 1 aromatic rings. The zero-order chi connectivity index (χ0) is 11.9. The number of ether oxygens (including phenoxy) is 1. The van der Waals surface area contributed by atoms with Crippen LogP contribution in [0.2, 0.25) is 0 Å². The molecule has 0 bridgehead atoms. The van der Waals surface area contributed by atoms with Crippen LogP contribution in [0.25, 0.3) is 0 Å². The number of benzene rings is 1. The van der Waals surface area contributed by atoms with Gasteiger partial charge in [0.2, 0.25) is 0 Å². The van der Waals surface area contributed by atoms with Crippen molar-refractivity contribution in [1.82, 2.24) is 0 Å². The molecule has 16 heavy (non-hydrogen) atoms. The number of nitrogens with two attached hydrogens (primary N) is 1. The van der Waals surface area contributed by atoms with Gasteiger partial charge < -0.3 is 10.5 Å². The highest BCUT2D eigenvalue weighted by atomic mass is 19.1. The molecular formula is C13H18FNO. The van der Waals surface area contributed by atoms with E-state index >= 15 is 0 Å². The maximum atomic E-state index is 13.6.